The molecule has 3 heteroatoms. The number of ketones is 1. The lowest BCUT2D eigenvalue weighted by Crippen LogP contribution is -2.62. The molecule has 8 atom stereocenters. The highest BCUT2D eigenvalue weighted by Gasteiger charge is 2.67. The van der Waals surface area contributed by atoms with Crippen LogP contribution in [0.25, 0.3) is 0 Å². The second kappa shape index (κ2) is 5.30. The fourth-order valence-electron chi connectivity index (χ4n) is 7.85. The van der Waals surface area contributed by atoms with Gasteiger partial charge in [-0.1, -0.05) is 13.8 Å². The lowest BCUT2D eigenvalue weighted by Gasteiger charge is -2.63. The molecule has 24 heavy (non-hydrogen) atoms. The molecule has 0 aromatic carbocycles. The predicted octanol–water partition coefficient (Wildman–Crippen LogP) is 3.71. The molecule has 4 fully saturated rings. The van der Waals surface area contributed by atoms with Gasteiger partial charge in [0.25, 0.3) is 0 Å². The van der Waals surface area contributed by atoms with Crippen molar-refractivity contribution in [3.63, 3.8) is 0 Å². The van der Waals surface area contributed by atoms with Crippen LogP contribution >= 0.6 is 0 Å². The monoisotopic (exact) mass is 334 g/mol. The molecule has 4 rings (SSSR count). The van der Waals surface area contributed by atoms with Gasteiger partial charge in [-0.05, 0) is 87.9 Å². The molecule has 0 heterocycles. The zero-order valence-electron chi connectivity index (χ0n) is 15.6. The summed E-state index contributed by atoms with van der Waals surface area (Å²) in [6.45, 7) is 6.35. The van der Waals surface area contributed by atoms with Crippen molar-refractivity contribution in [1.82, 2.24) is 0 Å². The van der Waals surface area contributed by atoms with Crippen LogP contribution in [0, 0.1) is 34.5 Å². The molecule has 0 aliphatic heterocycles. The van der Waals surface area contributed by atoms with Crippen LogP contribution in [0.1, 0.15) is 78.6 Å². The summed E-state index contributed by atoms with van der Waals surface area (Å²) >= 11 is 0. The lowest BCUT2D eigenvalue weighted by molar-refractivity contribution is -0.210. The third kappa shape index (κ3) is 2.00. The Hall–Kier alpha value is -0.410. The average molecular weight is 335 g/mol. The van der Waals surface area contributed by atoms with Gasteiger partial charge < -0.3 is 10.2 Å². The van der Waals surface area contributed by atoms with Gasteiger partial charge in [-0.2, -0.15) is 0 Å². The van der Waals surface area contributed by atoms with Crippen LogP contribution < -0.4 is 0 Å². The highest BCUT2D eigenvalue weighted by atomic mass is 16.3. The van der Waals surface area contributed by atoms with E-state index in [0.717, 1.165) is 57.8 Å². The quantitative estimate of drug-likeness (QED) is 0.768. The number of aliphatic hydroxyl groups is 2. The van der Waals surface area contributed by atoms with E-state index in [4.69, 9.17) is 0 Å². The van der Waals surface area contributed by atoms with Crippen molar-refractivity contribution >= 4 is 5.78 Å². The number of hydrogen-bond acceptors (Lipinski definition) is 3. The standard InChI is InChI=1S/C21H34O3/c1-13(22)16-8-11-21(24)18-5-4-14-12-15(23)6-9-19(14,2)17(18)7-10-20(16,21)3/h14-18,23-24H,4-12H2,1-3H3/t14-,15-,16+,17-,18+,19-,20+,21+/m0/s1. The van der Waals surface area contributed by atoms with Crippen molar-refractivity contribution in [2.24, 2.45) is 34.5 Å². The number of fused-ring (bicyclic) bond motifs is 5. The van der Waals surface area contributed by atoms with E-state index in [1.807, 2.05) is 0 Å². The molecule has 0 bridgehead atoms. The average Bonchev–Trinajstić information content (AvgIpc) is 2.80. The fourth-order valence-corrected chi connectivity index (χ4v) is 7.85. The molecule has 4 saturated carbocycles. The Balaban J connectivity index is 1.68. The summed E-state index contributed by atoms with van der Waals surface area (Å²) in [5.74, 6) is 1.83. The van der Waals surface area contributed by atoms with E-state index in [1.165, 1.54) is 0 Å². The van der Waals surface area contributed by atoms with Gasteiger partial charge in [0.2, 0.25) is 0 Å². The minimum atomic E-state index is -0.656. The molecule has 0 amide bonds. The Morgan fingerprint density at radius 1 is 0.958 bits per heavy atom. The maximum absolute atomic E-state index is 12.2. The first-order valence-electron chi connectivity index (χ1n) is 10.1. The molecular formula is C21H34O3. The van der Waals surface area contributed by atoms with Crippen molar-refractivity contribution in [2.75, 3.05) is 0 Å². The Labute approximate surface area is 146 Å². The summed E-state index contributed by atoms with van der Waals surface area (Å²) in [5, 5.41) is 21.9. The van der Waals surface area contributed by atoms with Crippen LogP contribution in [0.15, 0.2) is 0 Å². The third-order valence-electron chi connectivity index (χ3n) is 9.32. The summed E-state index contributed by atoms with van der Waals surface area (Å²) in [5.41, 5.74) is -0.610. The van der Waals surface area contributed by atoms with Crippen LogP contribution in [0.2, 0.25) is 0 Å². The number of carbonyl (C=O) groups is 1. The van der Waals surface area contributed by atoms with Crippen LogP contribution in [-0.4, -0.2) is 27.7 Å². The predicted molar refractivity (Wildman–Crippen MR) is 93.4 cm³/mol. The second-order valence-corrected chi connectivity index (χ2v) is 10.0. The summed E-state index contributed by atoms with van der Waals surface area (Å²) < 4.78 is 0. The van der Waals surface area contributed by atoms with Crippen molar-refractivity contribution in [3.05, 3.63) is 0 Å². The summed E-state index contributed by atoms with van der Waals surface area (Å²) in [4.78, 5) is 12.2. The number of aliphatic hydroxyl groups excluding tert-OH is 1. The zero-order valence-corrected chi connectivity index (χ0v) is 15.6. The maximum atomic E-state index is 12.2. The maximum Gasteiger partial charge on any atom is 0.133 e. The SMILES string of the molecule is CC(=O)[C@H]1CC[C@@]2(O)[C@@H]3CC[C@H]4C[C@@H](O)CC[C@]4(C)[C@H]3CC[C@]12C. The highest BCUT2D eigenvalue weighted by Crippen LogP contribution is 2.69. The first kappa shape index (κ1) is 17.0. The van der Waals surface area contributed by atoms with Crippen molar-refractivity contribution in [3.8, 4) is 0 Å². The van der Waals surface area contributed by atoms with Crippen LogP contribution in [0.4, 0.5) is 0 Å². The molecule has 0 aromatic heterocycles. The number of hydrogen-bond donors (Lipinski definition) is 2. The third-order valence-corrected chi connectivity index (χ3v) is 9.32. The van der Waals surface area contributed by atoms with E-state index in [2.05, 4.69) is 13.8 Å². The van der Waals surface area contributed by atoms with Gasteiger partial charge in [-0.3, -0.25) is 4.79 Å². The molecule has 0 radical (unpaired) electrons. The van der Waals surface area contributed by atoms with Gasteiger partial charge in [-0.25, -0.2) is 0 Å². The normalized spacial score (nSPS) is 57.0. The molecule has 4 aliphatic rings. The van der Waals surface area contributed by atoms with Crippen LogP contribution in [-0.2, 0) is 4.79 Å². The van der Waals surface area contributed by atoms with Gasteiger partial charge in [0.15, 0.2) is 0 Å². The van der Waals surface area contributed by atoms with E-state index in [0.29, 0.717) is 17.8 Å². The second-order valence-electron chi connectivity index (χ2n) is 10.0. The molecule has 4 aliphatic carbocycles. The summed E-state index contributed by atoms with van der Waals surface area (Å²) in [6.07, 6.45) is 8.87. The van der Waals surface area contributed by atoms with Gasteiger partial charge >= 0.3 is 0 Å². The van der Waals surface area contributed by atoms with Crippen LogP contribution in [0.5, 0.6) is 0 Å². The van der Waals surface area contributed by atoms with Crippen LogP contribution in [0.3, 0.4) is 0 Å². The van der Waals surface area contributed by atoms with Gasteiger partial charge in [-0.15, -0.1) is 0 Å². The molecule has 136 valence electrons. The smallest absolute Gasteiger partial charge is 0.133 e. The first-order valence-corrected chi connectivity index (χ1v) is 10.1. The summed E-state index contributed by atoms with van der Waals surface area (Å²) in [6, 6.07) is 0. The summed E-state index contributed by atoms with van der Waals surface area (Å²) in [7, 11) is 0. The van der Waals surface area contributed by atoms with E-state index in [9.17, 15) is 15.0 Å². The number of rotatable bonds is 1. The Bertz CT molecular complexity index is 545. The van der Waals surface area contributed by atoms with Crippen molar-refractivity contribution in [2.45, 2.75) is 90.3 Å². The molecule has 0 saturated heterocycles. The first-order chi connectivity index (χ1) is 11.2. The zero-order chi connectivity index (χ0) is 17.3. The molecule has 2 N–H and O–H groups in total. The Morgan fingerprint density at radius 2 is 1.71 bits per heavy atom. The minimum Gasteiger partial charge on any atom is -0.393 e. The largest absolute Gasteiger partial charge is 0.393 e. The van der Waals surface area contributed by atoms with Gasteiger partial charge in [0.1, 0.15) is 5.78 Å². The Morgan fingerprint density at radius 3 is 2.42 bits per heavy atom. The number of Topliss-reactive ketones (excluding diaryl/α,β-unsaturated/α-hetero) is 1. The topological polar surface area (TPSA) is 57.5 Å². The Kier molecular flexibility index (Phi) is 3.76. The van der Waals surface area contributed by atoms with E-state index in [-0.39, 0.29) is 28.6 Å². The van der Waals surface area contributed by atoms with E-state index >= 15 is 0 Å². The van der Waals surface area contributed by atoms with E-state index < -0.39 is 5.60 Å². The van der Waals surface area contributed by atoms with Gasteiger partial charge in [0, 0.05) is 11.3 Å². The fraction of sp³-hybridized carbons (Fsp3) is 0.952. The molecule has 0 unspecified atom stereocenters. The molecule has 0 spiro atoms. The van der Waals surface area contributed by atoms with E-state index in [1.54, 1.807) is 6.92 Å². The highest BCUT2D eigenvalue weighted by molar-refractivity contribution is 5.80. The number of carbonyl (C=O) groups excluding carboxylic acids is 1. The lowest BCUT2D eigenvalue weighted by atomic mass is 9.43. The minimum absolute atomic E-state index is 0.0437. The molecular weight excluding hydrogens is 300 g/mol. The van der Waals surface area contributed by atoms with Gasteiger partial charge in [0.05, 0.1) is 11.7 Å². The van der Waals surface area contributed by atoms with Crippen molar-refractivity contribution < 1.29 is 15.0 Å². The molecule has 0 aromatic rings. The van der Waals surface area contributed by atoms with Crippen molar-refractivity contribution in [1.29, 1.82) is 0 Å². The molecule has 3 nitrogen and oxygen atoms in total.